The Kier molecular flexibility index (Phi) is 4.09. The van der Waals surface area contributed by atoms with Gasteiger partial charge in [0.05, 0.1) is 0 Å². The molecule has 2 unspecified atom stereocenters. The van der Waals surface area contributed by atoms with Crippen LogP contribution < -0.4 is 0 Å². The Morgan fingerprint density at radius 2 is 1.75 bits per heavy atom. The molecule has 0 spiro atoms. The van der Waals surface area contributed by atoms with E-state index in [1.54, 1.807) is 0 Å². The highest BCUT2D eigenvalue weighted by atomic mass is 28.4. The predicted molar refractivity (Wildman–Crippen MR) is 59.1 cm³/mol. The van der Waals surface area contributed by atoms with Gasteiger partial charge in [-0.05, 0) is 25.6 Å². The zero-order chi connectivity index (χ0) is 12.3. The normalized spacial score (nSPS) is 28.2. The zero-order valence-corrected chi connectivity index (χ0v) is 11.1. The third-order valence-electron chi connectivity index (χ3n) is 2.37. The summed E-state index contributed by atoms with van der Waals surface area (Å²) in [6.45, 7) is 6.75. The van der Waals surface area contributed by atoms with E-state index >= 15 is 0 Å². The molecule has 92 valence electrons. The van der Waals surface area contributed by atoms with Gasteiger partial charge in [0.1, 0.15) is 0 Å². The fourth-order valence-corrected chi connectivity index (χ4v) is 3.59. The Morgan fingerprint density at radius 1 is 1.19 bits per heavy atom. The molecule has 0 saturated carbocycles. The molecule has 1 fully saturated rings. The van der Waals surface area contributed by atoms with Gasteiger partial charge >= 0.3 is 11.9 Å². The molecule has 1 aliphatic rings. The quantitative estimate of drug-likeness (QED) is 0.545. The van der Waals surface area contributed by atoms with E-state index in [2.05, 4.69) is 0 Å². The van der Waals surface area contributed by atoms with Crippen molar-refractivity contribution in [3.8, 4) is 0 Å². The molecule has 1 aliphatic heterocycles. The first-order chi connectivity index (χ1) is 7.30. The lowest BCUT2D eigenvalue weighted by atomic mass is 10.2. The smallest absolute Gasteiger partial charge is 0.305 e. The number of ether oxygens (including phenoxy) is 2. The number of hydrogen-bond acceptors (Lipinski definition) is 5. The average molecular weight is 246 g/mol. The van der Waals surface area contributed by atoms with Crippen LogP contribution in [0.2, 0.25) is 19.1 Å². The Balaban J connectivity index is 2.67. The van der Waals surface area contributed by atoms with Crippen molar-refractivity contribution in [1.82, 2.24) is 0 Å². The molecule has 0 bridgehead atoms. The van der Waals surface area contributed by atoms with E-state index in [-0.39, 0.29) is 5.97 Å². The van der Waals surface area contributed by atoms with Crippen LogP contribution in [0.3, 0.4) is 0 Å². The minimum absolute atomic E-state index is 0.382. The van der Waals surface area contributed by atoms with Crippen LogP contribution in [0.5, 0.6) is 0 Å². The first-order valence-corrected chi connectivity index (χ1v) is 8.44. The van der Waals surface area contributed by atoms with Gasteiger partial charge in [-0.1, -0.05) is 0 Å². The molecule has 0 aromatic heterocycles. The summed E-state index contributed by atoms with van der Waals surface area (Å²) in [6, 6.07) is 0.892. The molecule has 0 amide bonds. The maximum Gasteiger partial charge on any atom is 0.305 e. The Hall–Kier alpha value is -0.883. The van der Waals surface area contributed by atoms with Gasteiger partial charge in [-0.3, -0.25) is 9.59 Å². The van der Waals surface area contributed by atoms with Crippen molar-refractivity contribution in [1.29, 1.82) is 0 Å². The first kappa shape index (κ1) is 13.2. The van der Waals surface area contributed by atoms with Crippen LogP contribution in [0.1, 0.15) is 20.3 Å². The van der Waals surface area contributed by atoms with Gasteiger partial charge in [0.25, 0.3) is 0 Å². The van der Waals surface area contributed by atoms with Crippen LogP contribution >= 0.6 is 0 Å². The monoisotopic (exact) mass is 246 g/mol. The second-order valence-corrected chi connectivity index (χ2v) is 8.80. The average Bonchev–Trinajstić information content (AvgIpc) is 2.07. The summed E-state index contributed by atoms with van der Waals surface area (Å²) in [5.41, 5.74) is 0. The molecule has 1 saturated heterocycles. The molecule has 2 atom stereocenters. The molecule has 0 N–H and O–H groups in total. The van der Waals surface area contributed by atoms with Crippen LogP contribution in [0.4, 0.5) is 0 Å². The van der Waals surface area contributed by atoms with E-state index in [9.17, 15) is 9.59 Å². The van der Waals surface area contributed by atoms with E-state index in [1.165, 1.54) is 13.8 Å². The lowest BCUT2D eigenvalue weighted by Crippen LogP contribution is -2.49. The van der Waals surface area contributed by atoms with Gasteiger partial charge < -0.3 is 13.9 Å². The Bertz CT molecular complexity index is 289. The van der Waals surface area contributed by atoms with Crippen molar-refractivity contribution >= 4 is 20.3 Å². The zero-order valence-electron chi connectivity index (χ0n) is 10.1. The van der Waals surface area contributed by atoms with E-state index < -0.39 is 26.7 Å². The van der Waals surface area contributed by atoms with Crippen molar-refractivity contribution in [2.24, 2.45) is 0 Å². The minimum atomic E-state index is -1.78. The van der Waals surface area contributed by atoms with Crippen molar-refractivity contribution in [2.75, 3.05) is 0 Å². The molecular weight excluding hydrogens is 228 g/mol. The maximum atomic E-state index is 10.9. The third-order valence-corrected chi connectivity index (χ3v) is 4.73. The topological polar surface area (TPSA) is 61.8 Å². The summed E-state index contributed by atoms with van der Waals surface area (Å²) in [6.07, 6.45) is -0.518. The van der Waals surface area contributed by atoms with E-state index in [1.807, 2.05) is 13.1 Å². The van der Waals surface area contributed by atoms with Gasteiger partial charge in [0, 0.05) is 13.8 Å². The van der Waals surface area contributed by atoms with Gasteiger partial charge in [0.2, 0.25) is 6.29 Å². The first-order valence-electron chi connectivity index (χ1n) is 5.32. The fraction of sp³-hybridized carbons (Fsp3) is 0.800. The summed E-state index contributed by atoms with van der Waals surface area (Å²) in [5.74, 6) is -0.805. The molecule has 0 aromatic carbocycles. The molecule has 16 heavy (non-hydrogen) atoms. The van der Waals surface area contributed by atoms with Crippen LogP contribution in [-0.4, -0.2) is 32.6 Å². The van der Waals surface area contributed by atoms with Crippen molar-refractivity contribution < 1.29 is 23.5 Å². The van der Waals surface area contributed by atoms with Gasteiger partial charge in [-0.15, -0.1) is 0 Å². The van der Waals surface area contributed by atoms with Crippen molar-refractivity contribution in [3.63, 3.8) is 0 Å². The maximum absolute atomic E-state index is 10.9. The highest BCUT2D eigenvalue weighted by Gasteiger charge is 2.40. The second-order valence-electron chi connectivity index (χ2n) is 4.54. The third kappa shape index (κ3) is 3.94. The number of carbonyl (C=O) groups is 2. The number of hydrogen-bond donors (Lipinski definition) is 0. The number of esters is 2. The van der Waals surface area contributed by atoms with Crippen LogP contribution in [0.25, 0.3) is 0 Å². The molecular formula is C10H18O5Si. The van der Waals surface area contributed by atoms with E-state index in [0.717, 1.165) is 6.04 Å². The number of rotatable bonds is 2. The molecule has 0 aromatic rings. The van der Waals surface area contributed by atoms with Crippen molar-refractivity contribution in [2.45, 2.75) is 51.8 Å². The molecule has 0 aliphatic carbocycles. The highest BCUT2D eigenvalue weighted by molar-refractivity contribution is 6.71. The molecule has 0 radical (unpaired) electrons. The van der Waals surface area contributed by atoms with E-state index in [4.69, 9.17) is 13.9 Å². The fourth-order valence-electron chi connectivity index (χ4n) is 1.67. The minimum Gasteiger partial charge on any atom is -0.456 e. The molecule has 5 nitrogen and oxygen atoms in total. The summed E-state index contributed by atoms with van der Waals surface area (Å²) in [4.78, 5) is 21.8. The van der Waals surface area contributed by atoms with Crippen LogP contribution in [0.15, 0.2) is 0 Å². The predicted octanol–water partition coefficient (Wildman–Crippen LogP) is 1.43. The molecule has 6 heteroatoms. The van der Waals surface area contributed by atoms with Crippen LogP contribution in [0, 0.1) is 0 Å². The SMILES string of the molecule is CC(=O)OC1CC[Si](C)(C)OC1OC(C)=O. The van der Waals surface area contributed by atoms with E-state index in [0.29, 0.717) is 6.42 Å². The number of carbonyl (C=O) groups excluding carboxylic acids is 2. The van der Waals surface area contributed by atoms with Gasteiger partial charge in [-0.2, -0.15) is 0 Å². The summed E-state index contributed by atoms with van der Waals surface area (Å²) < 4.78 is 15.8. The summed E-state index contributed by atoms with van der Waals surface area (Å²) in [7, 11) is -1.78. The highest BCUT2D eigenvalue weighted by Crippen LogP contribution is 2.28. The second kappa shape index (κ2) is 4.97. The summed E-state index contributed by atoms with van der Waals surface area (Å²) >= 11 is 0. The lowest BCUT2D eigenvalue weighted by molar-refractivity contribution is -0.195. The van der Waals surface area contributed by atoms with Gasteiger partial charge in [-0.25, -0.2) is 0 Å². The Morgan fingerprint density at radius 3 is 2.25 bits per heavy atom. The van der Waals surface area contributed by atoms with Crippen molar-refractivity contribution in [3.05, 3.63) is 0 Å². The van der Waals surface area contributed by atoms with Gasteiger partial charge in [0.15, 0.2) is 14.4 Å². The standard InChI is InChI=1S/C10H18O5Si/c1-7(11)13-9-5-6-16(3,4)15-10(9)14-8(2)12/h9-10H,5-6H2,1-4H3. The lowest BCUT2D eigenvalue weighted by Gasteiger charge is -2.38. The summed E-state index contributed by atoms with van der Waals surface area (Å²) in [5, 5.41) is 0. The van der Waals surface area contributed by atoms with Crippen LogP contribution in [-0.2, 0) is 23.5 Å². The largest absolute Gasteiger partial charge is 0.456 e. The molecule has 1 heterocycles. The Labute approximate surface area is 96.2 Å². The molecule has 1 rings (SSSR count).